The van der Waals surface area contributed by atoms with E-state index in [1.807, 2.05) is 0 Å². The zero-order valence-corrected chi connectivity index (χ0v) is 8.48. The van der Waals surface area contributed by atoms with Crippen LogP contribution in [0, 0.1) is 17.3 Å². The van der Waals surface area contributed by atoms with Crippen molar-refractivity contribution in [1.82, 2.24) is 0 Å². The molecule has 0 aromatic rings. The Morgan fingerprint density at radius 1 is 1.58 bits per heavy atom. The molecule has 1 radical (unpaired) electrons. The third-order valence-electron chi connectivity index (χ3n) is 3.01. The van der Waals surface area contributed by atoms with Gasteiger partial charge in [0.1, 0.15) is 0 Å². The summed E-state index contributed by atoms with van der Waals surface area (Å²) < 4.78 is 0. The summed E-state index contributed by atoms with van der Waals surface area (Å²) >= 11 is 0. The number of allylic oxidation sites excluding steroid dienone is 1. The van der Waals surface area contributed by atoms with E-state index >= 15 is 0 Å². The van der Waals surface area contributed by atoms with E-state index in [4.69, 9.17) is 0 Å². The molecule has 0 N–H and O–H groups in total. The van der Waals surface area contributed by atoms with E-state index in [9.17, 15) is 0 Å². The number of rotatable bonds is 1. The maximum absolute atomic E-state index is 3.65. The molecule has 0 aromatic carbocycles. The molecule has 0 saturated heterocycles. The van der Waals surface area contributed by atoms with Gasteiger partial charge in [0.15, 0.2) is 0 Å². The fraction of sp³-hybridized carbons (Fsp3) is 0.667. The van der Waals surface area contributed by atoms with Crippen LogP contribution < -0.4 is 0 Å². The zero-order chi connectivity index (χ0) is 9.19. The molecule has 0 nitrogen and oxygen atoms in total. The van der Waals surface area contributed by atoms with Gasteiger partial charge < -0.3 is 0 Å². The zero-order valence-electron chi connectivity index (χ0n) is 8.48. The van der Waals surface area contributed by atoms with Gasteiger partial charge in [-0.15, -0.1) is 5.73 Å². The summed E-state index contributed by atoms with van der Waals surface area (Å²) in [6, 6.07) is 0. The molecule has 0 bridgehead atoms. The lowest BCUT2D eigenvalue weighted by Gasteiger charge is -2.40. The molecule has 1 aliphatic rings. The molecule has 0 spiro atoms. The lowest BCUT2D eigenvalue weighted by molar-refractivity contribution is 0.247. The van der Waals surface area contributed by atoms with Gasteiger partial charge in [-0.05, 0) is 30.3 Å². The van der Waals surface area contributed by atoms with E-state index in [1.54, 1.807) is 0 Å². The first-order valence-electron chi connectivity index (χ1n) is 4.81. The molecule has 0 aromatic heterocycles. The van der Waals surface area contributed by atoms with Gasteiger partial charge in [0.05, 0.1) is 0 Å². The van der Waals surface area contributed by atoms with E-state index in [1.165, 1.54) is 25.2 Å². The minimum absolute atomic E-state index is 0.377. The SMILES string of the molecule is C=C=C[C]1C(C)CCCC1(C)C. The van der Waals surface area contributed by atoms with Crippen molar-refractivity contribution in [3.8, 4) is 0 Å². The van der Waals surface area contributed by atoms with Crippen LogP contribution in [0.4, 0.5) is 0 Å². The van der Waals surface area contributed by atoms with Gasteiger partial charge in [-0.25, -0.2) is 0 Å². The van der Waals surface area contributed by atoms with Gasteiger partial charge >= 0.3 is 0 Å². The number of hydrogen-bond acceptors (Lipinski definition) is 0. The van der Waals surface area contributed by atoms with E-state index in [0.29, 0.717) is 5.41 Å². The van der Waals surface area contributed by atoms with Crippen molar-refractivity contribution in [1.29, 1.82) is 0 Å². The van der Waals surface area contributed by atoms with Crippen LogP contribution in [0.25, 0.3) is 0 Å². The smallest absolute Gasteiger partial charge is 0.0139 e. The van der Waals surface area contributed by atoms with E-state index in [-0.39, 0.29) is 0 Å². The Morgan fingerprint density at radius 3 is 2.75 bits per heavy atom. The van der Waals surface area contributed by atoms with Crippen LogP contribution in [-0.2, 0) is 0 Å². The van der Waals surface area contributed by atoms with Crippen LogP contribution in [-0.4, -0.2) is 0 Å². The molecular formula is C12H19. The minimum Gasteiger partial charge on any atom is -0.132 e. The molecule has 67 valence electrons. The third-order valence-corrected chi connectivity index (χ3v) is 3.01. The summed E-state index contributed by atoms with van der Waals surface area (Å²) in [5.74, 6) is 2.26. The minimum atomic E-state index is 0.377. The van der Waals surface area contributed by atoms with Crippen molar-refractivity contribution in [2.45, 2.75) is 40.0 Å². The molecule has 1 unspecified atom stereocenters. The van der Waals surface area contributed by atoms with Crippen molar-refractivity contribution in [2.75, 3.05) is 0 Å². The molecule has 1 fully saturated rings. The predicted octanol–water partition coefficient (Wildman–Crippen LogP) is 3.75. The summed E-state index contributed by atoms with van der Waals surface area (Å²) in [5, 5.41) is 0. The average Bonchev–Trinajstić information content (AvgIpc) is 1.97. The van der Waals surface area contributed by atoms with E-state index in [2.05, 4.69) is 39.2 Å². The normalized spacial score (nSPS) is 29.4. The van der Waals surface area contributed by atoms with Gasteiger partial charge in [0, 0.05) is 5.92 Å². The average molecular weight is 163 g/mol. The van der Waals surface area contributed by atoms with Gasteiger partial charge in [-0.3, -0.25) is 0 Å². The first-order chi connectivity index (χ1) is 5.58. The van der Waals surface area contributed by atoms with Crippen LogP contribution >= 0.6 is 0 Å². The van der Waals surface area contributed by atoms with Crippen molar-refractivity contribution in [3.05, 3.63) is 24.3 Å². The highest BCUT2D eigenvalue weighted by molar-refractivity contribution is 5.20. The molecule has 1 atom stereocenters. The lowest BCUT2D eigenvalue weighted by atomic mass is 9.64. The van der Waals surface area contributed by atoms with Crippen LogP contribution in [0.15, 0.2) is 18.4 Å². The van der Waals surface area contributed by atoms with Crippen LogP contribution in [0.3, 0.4) is 0 Å². The Kier molecular flexibility index (Phi) is 2.80. The Bertz CT molecular complexity index is 194. The van der Waals surface area contributed by atoms with Crippen LogP contribution in [0.2, 0.25) is 0 Å². The highest BCUT2D eigenvalue weighted by Gasteiger charge is 2.35. The van der Waals surface area contributed by atoms with E-state index in [0.717, 1.165) is 5.92 Å². The summed E-state index contributed by atoms with van der Waals surface area (Å²) in [6.45, 7) is 10.6. The largest absolute Gasteiger partial charge is 0.132 e. The molecule has 1 saturated carbocycles. The molecule has 0 heterocycles. The summed E-state index contributed by atoms with van der Waals surface area (Å²) in [6.07, 6.45) is 6.09. The highest BCUT2D eigenvalue weighted by Crippen LogP contribution is 2.45. The molecule has 1 aliphatic carbocycles. The fourth-order valence-corrected chi connectivity index (χ4v) is 2.26. The highest BCUT2D eigenvalue weighted by atomic mass is 14.4. The second-order valence-electron chi connectivity index (χ2n) is 4.48. The topological polar surface area (TPSA) is 0 Å². The molecule has 12 heavy (non-hydrogen) atoms. The maximum atomic E-state index is 3.65. The molecule has 1 rings (SSSR count). The van der Waals surface area contributed by atoms with Crippen LogP contribution in [0.5, 0.6) is 0 Å². The summed E-state index contributed by atoms with van der Waals surface area (Å²) in [5.41, 5.74) is 3.29. The van der Waals surface area contributed by atoms with Crippen molar-refractivity contribution >= 4 is 0 Å². The first kappa shape index (κ1) is 9.61. The standard InChI is InChI=1S/C12H19/c1-5-7-11-10(2)8-6-9-12(11,3)4/h7,10H,1,6,8-9H2,2-4H3. The van der Waals surface area contributed by atoms with E-state index < -0.39 is 0 Å². The van der Waals surface area contributed by atoms with Gasteiger partial charge in [-0.2, -0.15) is 0 Å². The molecule has 0 heteroatoms. The first-order valence-corrected chi connectivity index (χ1v) is 4.81. The summed E-state index contributed by atoms with van der Waals surface area (Å²) in [7, 11) is 0. The Morgan fingerprint density at radius 2 is 2.25 bits per heavy atom. The monoisotopic (exact) mass is 163 g/mol. The van der Waals surface area contributed by atoms with Gasteiger partial charge in [-0.1, -0.05) is 33.8 Å². The Labute approximate surface area is 76.4 Å². The Balaban J connectivity index is 2.80. The maximum Gasteiger partial charge on any atom is 0.0139 e. The van der Waals surface area contributed by atoms with Gasteiger partial charge in [0.2, 0.25) is 0 Å². The fourth-order valence-electron chi connectivity index (χ4n) is 2.26. The third kappa shape index (κ3) is 1.81. The van der Waals surface area contributed by atoms with Crippen molar-refractivity contribution in [3.63, 3.8) is 0 Å². The van der Waals surface area contributed by atoms with Crippen LogP contribution in [0.1, 0.15) is 40.0 Å². The predicted molar refractivity (Wildman–Crippen MR) is 53.7 cm³/mol. The number of hydrogen-bond donors (Lipinski definition) is 0. The van der Waals surface area contributed by atoms with Crippen molar-refractivity contribution < 1.29 is 0 Å². The van der Waals surface area contributed by atoms with Crippen molar-refractivity contribution in [2.24, 2.45) is 11.3 Å². The van der Waals surface area contributed by atoms with Gasteiger partial charge in [0.25, 0.3) is 0 Å². The molecule has 0 amide bonds. The summed E-state index contributed by atoms with van der Waals surface area (Å²) in [4.78, 5) is 0. The second-order valence-corrected chi connectivity index (χ2v) is 4.48. The second kappa shape index (κ2) is 3.49. The lowest BCUT2D eigenvalue weighted by Crippen LogP contribution is -2.30. The Hall–Kier alpha value is -0.480. The quantitative estimate of drug-likeness (QED) is 0.516. The molecule has 0 aliphatic heterocycles. The molecular weight excluding hydrogens is 144 g/mol.